The monoisotopic (exact) mass is 411 g/mol. The Morgan fingerprint density at radius 1 is 0.966 bits per heavy atom. The highest BCUT2D eigenvalue weighted by molar-refractivity contribution is 6.31. The lowest BCUT2D eigenvalue weighted by molar-refractivity contribution is 0.270. The Morgan fingerprint density at radius 2 is 1.76 bits per heavy atom. The number of piperazine rings is 1. The molecule has 8 heteroatoms. The van der Waals surface area contributed by atoms with E-state index < -0.39 is 0 Å². The first kappa shape index (κ1) is 19.7. The summed E-state index contributed by atoms with van der Waals surface area (Å²) in [6.45, 7) is 8.94. The lowest BCUT2D eigenvalue weighted by atomic mass is 10.2. The van der Waals surface area contributed by atoms with Crippen LogP contribution in [0.15, 0.2) is 42.7 Å². The molecule has 0 radical (unpaired) electrons. The van der Waals surface area contributed by atoms with Gasteiger partial charge in [0.15, 0.2) is 0 Å². The van der Waals surface area contributed by atoms with Gasteiger partial charge in [-0.25, -0.2) is 4.98 Å². The highest BCUT2D eigenvalue weighted by Crippen LogP contribution is 2.24. The third kappa shape index (κ3) is 4.86. The number of benzene rings is 1. The predicted molar refractivity (Wildman–Crippen MR) is 120 cm³/mol. The zero-order chi connectivity index (χ0) is 20.1. The Morgan fingerprint density at radius 3 is 2.59 bits per heavy atom. The van der Waals surface area contributed by atoms with Gasteiger partial charge in [-0.15, -0.1) is 0 Å². The van der Waals surface area contributed by atoms with E-state index in [0.717, 1.165) is 61.7 Å². The van der Waals surface area contributed by atoms with Crippen LogP contribution in [0.3, 0.4) is 0 Å². The Bertz CT molecular complexity index is 957. The minimum Gasteiger partial charge on any atom is -0.383 e. The van der Waals surface area contributed by atoms with Gasteiger partial charge in [0.25, 0.3) is 0 Å². The number of pyridine rings is 1. The average molecular weight is 412 g/mol. The van der Waals surface area contributed by atoms with E-state index in [9.17, 15) is 0 Å². The average Bonchev–Trinajstić information content (AvgIpc) is 2.77. The Labute approximate surface area is 176 Å². The molecule has 3 heterocycles. The maximum atomic E-state index is 6.06. The van der Waals surface area contributed by atoms with Crippen LogP contribution in [0, 0.1) is 0 Å². The second kappa shape index (κ2) is 9.24. The van der Waals surface area contributed by atoms with Crippen molar-refractivity contribution in [2.75, 3.05) is 61.3 Å². The largest absolute Gasteiger partial charge is 0.383 e. The van der Waals surface area contributed by atoms with Gasteiger partial charge in [-0.1, -0.05) is 18.5 Å². The lowest BCUT2D eigenvalue weighted by Gasteiger charge is -2.34. The summed E-state index contributed by atoms with van der Waals surface area (Å²) in [5.74, 6) is 1.65. The SMILES string of the molecule is CCN1CCN(c2ccnc(NCCNc3ccnc4cc(Cl)ccc34)n2)CC1. The number of hydrogen-bond acceptors (Lipinski definition) is 7. The summed E-state index contributed by atoms with van der Waals surface area (Å²) < 4.78 is 0. The van der Waals surface area contributed by atoms with Crippen molar-refractivity contribution in [3.8, 4) is 0 Å². The number of hydrogen-bond donors (Lipinski definition) is 2. The first-order valence-corrected chi connectivity index (χ1v) is 10.4. The van der Waals surface area contributed by atoms with E-state index in [0.29, 0.717) is 17.5 Å². The molecular formula is C21H26ClN7. The number of likely N-dealkylation sites (N-methyl/N-ethyl adjacent to an activating group) is 1. The molecule has 7 nitrogen and oxygen atoms in total. The zero-order valence-corrected chi connectivity index (χ0v) is 17.4. The molecule has 152 valence electrons. The number of halogens is 1. The summed E-state index contributed by atoms with van der Waals surface area (Å²) in [5.41, 5.74) is 1.92. The van der Waals surface area contributed by atoms with Crippen molar-refractivity contribution in [2.45, 2.75) is 6.92 Å². The molecule has 0 bridgehead atoms. The molecule has 2 aromatic heterocycles. The highest BCUT2D eigenvalue weighted by Gasteiger charge is 2.17. The second-order valence-electron chi connectivity index (χ2n) is 7.03. The van der Waals surface area contributed by atoms with Crippen molar-refractivity contribution < 1.29 is 0 Å². The molecule has 3 aromatic rings. The fourth-order valence-electron chi connectivity index (χ4n) is 3.55. The van der Waals surface area contributed by atoms with Crippen LogP contribution in [0.4, 0.5) is 17.5 Å². The number of anilines is 3. The van der Waals surface area contributed by atoms with Crippen LogP contribution >= 0.6 is 11.6 Å². The van der Waals surface area contributed by atoms with Gasteiger partial charge in [0.1, 0.15) is 5.82 Å². The molecule has 1 saturated heterocycles. The molecule has 29 heavy (non-hydrogen) atoms. The van der Waals surface area contributed by atoms with Gasteiger partial charge in [-0.05, 0) is 36.9 Å². The van der Waals surface area contributed by atoms with E-state index in [1.54, 1.807) is 6.20 Å². The fraction of sp³-hybridized carbons (Fsp3) is 0.381. The molecular weight excluding hydrogens is 386 g/mol. The van der Waals surface area contributed by atoms with Crippen molar-refractivity contribution in [1.82, 2.24) is 19.9 Å². The van der Waals surface area contributed by atoms with Crippen LogP contribution in [-0.4, -0.2) is 65.7 Å². The number of aromatic nitrogens is 3. The van der Waals surface area contributed by atoms with E-state index in [2.05, 4.69) is 42.3 Å². The molecule has 0 spiro atoms. The van der Waals surface area contributed by atoms with E-state index in [-0.39, 0.29) is 0 Å². The Kier molecular flexibility index (Phi) is 6.27. The smallest absolute Gasteiger partial charge is 0.224 e. The van der Waals surface area contributed by atoms with Crippen molar-refractivity contribution in [3.05, 3.63) is 47.7 Å². The van der Waals surface area contributed by atoms with Gasteiger partial charge < -0.3 is 20.4 Å². The summed E-state index contributed by atoms with van der Waals surface area (Å²) in [4.78, 5) is 18.2. The van der Waals surface area contributed by atoms with Crippen LogP contribution in [-0.2, 0) is 0 Å². The zero-order valence-electron chi connectivity index (χ0n) is 16.6. The molecule has 0 amide bonds. The van der Waals surface area contributed by atoms with Crippen LogP contribution in [0.5, 0.6) is 0 Å². The molecule has 0 atom stereocenters. The van der Waals surface area contributed by atoms with Crippen molar-refractivity contribution in [3.63, 3.8) is 0 Å². The maximum absolute atomic E-state index is 6.06. The van der Waals surface area contributed by atoms with Crippen molar-refractivity contribution in [2.24, 2.45) is 0 Å². The van der Waals surface area contributed by atoms with E-state index in [1.807, 2.05) is 36.5 Å². The lowest BCUT2D eigenvalue weighted by Crippen LogP contribution is -2.46. The third-order valence-electron chi connectivity index (χ3n) is 5.21. The minimum absolute atomic E-state index is 0.661. The Balaban J connectivity index is 1.31. The van der Waals surface area contributed by atoms with Crippen LogP contribution in [0.25, 0.3) is 10.9 Å². The quantitative estimate of drug-likeness (QED) is 0.578. The molecule has 0 unspecified atom stereocenters. The van der Waals surface area contributed by atoms with E-state index in [4.69, 9.17) is 11.6 Å². The van der Waals surface area contributed by atoms with Crippen LogP contribution in [0.2, 0.25) is 5.02 Å². The summed E-state index contributed by atoms with van der Waals surface area (Å²) in [7, 11) is 0. The first-order chi connectivity index (χ1) is 14.2. The first-order valence-electron chi connectivity index (χ1n) is 10.1. The molecule has 1 aliphatic heterocycles. The van der Waals surface area contributed by atoms with E-state index >= 15 is 0 Å². The van der Waals surface area contributed by atoms with Crippen LogP contribution in [0.1, 0.15) is 6.92 Å². The molecule has 0 saturated carbocycles. The van der Waals surface area contributed by atoms with Gasteiger partial charge in [0, 0.05) is 67.8 Å². The maximum Gasteiger partial charge on any atom is 0.224 e. The summed E-state index contributed by atoms with van der Waals surface area (Å²) in [5, 5.41) is 8.51. The summed E-state index contributed by atoms with van der Waals surface area (Å²) in [6, 6.07) is 9.71. The summed E-state index contributed by atoms with van der Waals surface area (Å²) in [6.07, 6.45) is 3.61. The Hall–Kier alpha value is -2.64. The van der Waals surface area contributed by atoms with Gasteiger partial charge >= 0.3 is 0 Å². The topological polar surface area (TPSA) is 69.2 Å². The number of nitrogens with zero attached hydrogens (tertiary/aromatic N) is 5. The molecule has 0 aliphatic carbocycles. The normalized spacial score (nSPS) is 14.9. The standard InChI is InChI=1S/C21H26ClN7/c1-2-28-11-13-29(14-12-28)20-6-8-25-21(27-20)26-10-9-24-18-5-7-23-19-15-16(22)3-4-17(18)19/h3-8,15H,2,9-14H2,1H3,(H,23,24)(H,25,26,27). The van der Waals surface area contributed by atoms with Gasteiger partial charge in [0.05, 0.1) is 5.52 Å². The van der Waals surface area contributed by atoms with Crippen molar-refractivity contribution >= 4 is 40.0 Å². The number of fused-ring (bicyclic) bond motifs is 1. The van der Waals surface area contributed by atoms with Crippen LogP contribution < -0.4 is 15.5 Å². The number of rotatable bonds is 7. The second-order valence-corrected chi connectivity index (χ2v) is 7.47. The minimum atomic E-state index is 0.661. The predicted octanol–water partition coefficient (Wildman–Crippen LogP) is 3.34. The van der Waals surface area contributed by atoms with E-state index in [1.165, 1.54) is 0 Å². The van der Waals surface area contributed by atoms with Crippen molar-refractivity contribution in [1.29, 1.82) is 0 Å². The third-order valence-corrected chi connectivity index (χ3v) is 5.45. The molecule has 2 N–H and O–H groups in total. The number of nitrogens with one attached hydrogen (secondary N) is 2. The van der Waals surface area contributed by atoms with Gasteiger partial charge in [-0.2, -0.15) is 4.98 Å². The summed E-state index contributed by atoms with van der Waals surface area (Å²) >= 11 is 6.06. The van der Waals surface area contributed by atoms with Gasteiger partial charge in [0.2, 0.25) is 5.95 Å². The molecule has 1 aliphatic rings. The highest BCUT2D eigenvalue weighted by atomic mass is 35.5. The fourth-order valence-corrected chi connectivity index (χ4v) is 3.72. The molecule has 4 rings (SSSR count). The van der Waals surface area contributed by atoms with Gasteiger partial charge in [-0.3, -0.25) is 4.98 Å². The molecule has 1 fully saturated rings. The molecule has 1 aromatic carbocycles.